The molecule has 0 aromatic heterocycles. The van der Waals surface area contributed by atoms with Crippen LogP contribution in [0.25, 0.3) is 0 Å². The van der Waals surface area contributed by atoms with Crippen molar-refractivity contribution in [1.29, 1.82) is 0 Å². The van der Waals surface area contributed by atoms with Gasteiger partial charge in [0.1, 0.15) is 22.6 Å². The Hall–Kier alpha value is -2.40. The van der Waals surface area contributed by atoms with E-state index in [-0.39, 0.29) is 23.4 Å². The number of nitrogens with zero attached hydrogens (tertiary/aromatic N) is 4. The highest BCUT2D eigenvalue weighted by atomic mass is 16.6. The smallest absolute Gasteiger partial charge is 0.410 e. The summed E-state index contributed by atoms with van der Waals surface area (Å²) < 4.78 is 15.9. The molecule has 0 aromatic carbocycles. The van der Waals surface area contributed by atoms with Gasteiger partial charge >= 0.3 is 18.2 Å². The number of ketones is 1. The lowest BCUT2D eigenvalue weighted by atomic mass is 10.2. The van der Waals surface area contributed by atoms with Gasteiger partial charge in [0.2, 0.25) is 0 Å². The molecule has 1 aliphatic rings. The van der Waals surface area contributed by atoms with Crippen LogP contribution in [0.1, 0.15) is 76.2 Å². The van der Waals surface area contributed by atoms with Gasteiger partial charge in [-0.2, -0.15) is 0 Å². The first-order valence-electron chi connectivity index (χ1n) is 13.6. The van der Waals surface area contributed by atoms with Crippen molar-refractivity contribution in [2.45, 2.75) is 93.0 Å². The Labute approximate surface area is 236 Å². The number of carbonyl (C=O) groups is 4. The molecule has 0 aromatic rings. The molecule has 228 valence electrons. The fourth-order valence-electron chi connectivity index (χ4n) is 3.48. The second-order valence-electron chi connectivity index (χ2n) is 12.9. The van der Waals surface area contributed by atoms with Gasteiger partial charge in [0.25, 0.3) is 0 Å². The number of amides is 2. The lowest BCUT2D eigenvalue weighted by Crippen LogP contribution is -2.50. The monoisotopic (exact) mass is 558 g/mol. The van der Waals surface area contributed by atoms with E-state index in [0.29, 0.717) is 52.4 Å². The van der Waals surface area contributed by atoms with Crippen LogP contribution in [0.2, 0.25) is 0 Å². The maximum Gasteiger partial charge on any atom is 0.410 e. The van der Waals surface area contributed by atoms with Crippen LogP contribution in [-0.2, 0) is 23.8 Å². The lowest BCUT2D eigenvalue weighted by Gasteiger charge is -2.34. The second-order valence-corrected chi connectivity index (χ2v) is 12.9. The Bertz CT molecular complexity index is 797. The van der Waals surface area contributed by atoms with Crippen LogP contribution < -0.4 is 0 Å². The van der Waals surface area contributed by atoms with Gasteiger partial charge in [0.15, 0.2) is 0 Å². The predicted molar refractivity (Wildman–Crippen MR) is 152 cm³/mol. The molecule has 1 rings (SSSR count). The van der Waals surface area contributed by atoms with E-state index in [4.69, 9.17) is 14.2 Å². The Kier molecular flexibility index (Phi) is 15.0. The maximum absolute atomic E-state index is 12.8. The molecule has 0 unspecified atom stereocenters. The maximum atomic E-state index is 12.8. The zero-order valence-corrected chi connectivity index (χ0v) is 26.5. The first-order valence-corrected chi connectivity index (χ1v) is 13.6. The van der Waals surface area contributed by atoms with Gasteiger partial charge in [-0.25, -0.2) is 9.59 Å². The molecule has 0 bridgehead atoms. The number of Topliss-reactive ketones (excluding diaryl/α,β-unsaturated/α-hetero) is 1. The zero-order chi connectivity index (χ0) is 30.6. The molecule has 0 saturated carbocycles. The summed E-state index contributed by atoms with van der Waals surface area (Å²) in [5.74, 6) is -0.132. The average molecular weight is 559 g/mol. The molecule has 1 heterocycles. The molecular formula is C28H54N4O7. The lowest BCUT2D eigenvalue weighted by molar-refractivity contribution is -0.151. The molecule has 0 aliphatic carbocycles. The second kappa shape index (κ2) is 16.0. The van der Waals surface area contributed by atoms with Crippen molar-refractivity contribution in [3.05, 3.63) is 0 Å². The van der Waals surface area contributed by atoms with E-state index in [1.54, 1.807) is 16.7 Å². The number of likely N-dealkylation sites (N-methyl/N-ethyl adjacent to an activating group) is 1. The summed E-state index contributed by atoms with van der Waals surface area (Å²) in [6.07, 6.45) is -0.811. The quantitative estimate of drug-likeness (QED) is 0.371. The normalized spacial score (nSPS) is 17.1. The molecule has 1 aliphatic heterocycles. The summed E-state index contributed by atoms with van der Waals surface area (Å²) in [5, 5.41) is 0. The third-order valence-electron chi connectivity index (χ3n) is 5.08. The van der Waals surface area contributed by atoms with E-state index >= 15 is 0 Å². The highest BCUT2D eigenvalue weighted by molar-refractivity contribution is 5.77. The van der Waals surface area contributed by atoms with Crippen molar-refractivity contribution >= 4 is 23.9 Å². The zero-order valence-electron chi connectivity index (χ0n) is 26.5. The molecule has 2 amide bonds. The SMILES string of the molecule is CC(=O)CN1CCN(C)CCN(C(=O)OC(C)(C)C)CCN(C(=O)OC(C)(C)C)CC1.CC(=O)OC(C)(C)C. The topological polar surface area (TPSA) is 109 Å². The van der Waals surface area contributed by atoms with Crippen molar-refractivity contribution in [2.24, 2.45) is 0 Å². The van der Waals surface area contributed by atoms with Gasteiger partial charge in [-0.3, -0.25) is 14.5 Å². The van der Waals surface area contributed by atoms with Crippen LogP contribution in [0.4, 0.5) is 9.59 Å². The third kappa shape index (κ3) is 20.2. The van der Waals surface area contributed by atoms with Gasteiger partial charge in [-0.05, 0) is 76.3 Å². The van der Waals surface area contributed by atoms with Crippen molar-refractivity contribution in [1.82, 2.24) is 19.6 Å². The van der Waals surface area contributed by atoms with Crippen LogP contribution in [0, 0.1) is 0 Å². The van der Waals surface area contributed by atoms with E-state index in [1.165, 1.54) is 6.92 Å². The third-order valence-corrected chi connectivity index (χ3v) is 5.08. The Morgan fingerprint density at radius 2 is 0.897 bits per heavy atom. The van der Waals surface area contributed by atoms with Crippen molar-refractivity contribution in [3.63, 3.8) is 0 Å². The number of carbonyl (C=O) groups excluding carboxylic acids is 4. The molecule has 1 saturated heterocycles. The molecule has 0 radical (unpaired) electrons. The minimum atomic E-state index is -0.618. The number of hydrogen-bond donors (Lipinski definition) is 0. The highest BCUT2D eigenvalue weighted by Gasteiger charge is 2.27. The van der Waals surface area contributed by atoms with Gasteiger partial charge < -0.3 is 28.9 Å². The van der Waals surface area contributed by atoms with E-state index in [9.17, 15) is 19.2 Å². The van der Waals surface area contributed by atoms with Crippen LogP contribution in [0.5, 0.6) is 0 Å². The standard InChI is InChI=1S/C22H42N4O5.C6H12O2/c1-18(27)17-24-11-9-23(8)10-13-25(19(28)30-21(2,3)4)15-16-26(14-12-24)20(29)31-22(5,6)7;1-5(7)8-6(2,3)4/h9-17H2,1-8H3;1-4H3. The predicted octanol–water partition coefficient (Wildman–Crippen LogP) is 3.65. The Morgan fingerprint density at radius 1 is 0.564 bits per heavy atom. The van der Waals surface area contributed by atoms with Crippen LogP contribution in [0.15, 0.2) is 0 Å². The fourth-order valence-corrected chi connectivity index (χ4v) is 3.48. The molecule has 11 nitrogen and oxygen atoms in total. The average Bonchev–Trinajstić information content (AvgIpc) is 2.68. The minimum absolute atomic E-state index is 0.0923. The minimum Gasteiger partial charge on any atom is -0.460 e. The molecule has 39 heavy (non-hydrogen) atoms. The van der Waals surface area contributed by atoms with Crippen LogP contribution >= 0.6 is 0 Å². The molecule has 0 atom stereocenters. The summed E-state index contributed by atoms with van der Waals surface area (Å²) in [6, 6.07) is 0. The summed E-state index contributed by atoms with van der Waals surface area (Å²) in [5.41, 5.74) is -1.54. The summed E-state index contributed by atoms with van der Waals surface area (Å²) >= 11 is 0. The largest absolute Gasteiger partial charge is 0.460 e. The van der Waals surface area contributed by atoms with Crippen molar-refractivity contribution < 1.29 is 33.4 Å². The van der Waals surface area contributed by atoms with Crippen LogP contribution in [-0.4, -0.2) is 126 Å². The van der Waals surface area contributed by atoms with Crippen LogP contribution in [0.3, 0.4) is 0 Å². The Balaban J connectivity index is 0.00000156. The fraction of sp³-hybridized carbons (Fsp3) is 0.857. The molecular weight excluding hydrogens is 504 g/mol. The van der Waals surface area contributed by atoms with E-state index in [0.717, 1.165) is 6.54 Å². The molecule has 1 fully saturated rings. The van der Waals surface area contributed by atoms with Gasteiger partial charge in [0, 0.05) is 59.3 Å². The summed E-state index contributed by atoms with van der Waals surface area (Å²) in [6.45, 7) is 24.1. The molecule has 0 spiro atoms. The van der Waals surface area contributed by atoms with Gasteiger partial charge in [0.05, 0.1) is 6.54 Å². The van der Waals surface area contributed by atoms with E-state index in [1.807, 2.05) is 69.4 Å². The number of ether oxygens (including phenoxy) is 3. The van der Waals surface area contributed by atoms with Gasteiger partial charge in [-0.15, -0.1) is 0 Å². The Morgan fingerprint density at radius 3 is 1.23 bits per heavy atom. The van der Waals surface area contributed by atoms with Crippen molar-refractivity contribution in [3.8, 4) is 0 Å². The number of hydrogen-bond acceptors (Lipinski definition) is 9. The number of esters is 1. The number of rotatable bonds is 2. The highest BCUT2D eigenvalue weighted by Crippen LogP contribution is 2.13. The van der Waals surface area contributed by atoms with Crippen molar-refractivity contribution in [2.75, 3.05) is 66.0 Å². The summed E-state index contributed by atoms with van der Waals surface area (Å²) in [4.78, 5) is 54.9. The van der Waals surface area contributed by atoms with E-state index < -0.39 is 17.3 Å². The molecule has 11 heteroatoms. The summed E-state index contributed by atoms with van der Waals surface area (Å²) in [7, 11) is 2.00. The first kappa shape index (κ1) is 36.6. The van der Waals surface area contributed by atoms with E-state index in [2.05, 4.69) is 9.80 Å². The molecule has 0 N–H and O–H groups in total. The van der Waals surface area contributed by atoms with Gasteiger partial charge in [-0.1, -0.05) is 0 Å². The first-order chi connectivity index (χ1) is 17.6.